The Morgan fingerprint density at radius 3 is 2.84 bits per heavy atom. The number of rotatable bonds is 6. The Morgan fingerprint density at radius 2 is 2.05 bits per heavy atom. The number of anilines is 1. The Kier molecular flexibility index (Phi) is 3.79. The summed E-state index contributed by atoms with van der Waals surface area (Å²) in [5.41, 5.74) is 1.15. The molecule has 0 radical (unpaired) electrons. The van der Waals surface area contributed by atoms with Crippen LogP contribution in [-0.4, -0.2) is 16.2 Å². The summed E-state index contributed by atoms with van der Waals surface area (Å²) in [4.78, 5) is 0. The summed E-state index contributed by atoms with van der Waals surface area (Å²) in [7, 11) is 0. The number of hydrogen-bond acceptors (Lipinski definition) is 5. The zero-order valence-corrected chi connectivity index (χ0v) is 12.0. The van der Waals surface area contributed by atoms with E-state index in [1.54, 1.807) is 0 Å². The Labute approximate surface area is 119 Å². The lowest BCUT2D eigenvalue weighted by Crippen LogP contribution is -2.15. The highest BCUT2D eigenvalue weighted by atomic mass is 79.9. The standard InChI is InChI=1S/C13H15BrN4O/c14-11-4-2-1-3-9(11)7-16-13-18-17-12(19-13)8-15-10-5-6-10/h1-4,10,15H,5-8H2,(H,16,18). The molecule has 6 heteroatoms. The zero-order chi connectivity index (χ0) is 13.1. The molecule has 1 aromatic carbocycles. The molecule has 0 amide bonds. The zero-order valence-electron chi connectivity index (χ0n) is 10.4. The van der Waals surface area contributed by atoms with E-state index in [2.05, 4.69) is 36.8 Å². The maximum Gasteiger partial charge on any atom is 0.315 e. The van der Waals surface area contributed by atoms with Gasteiger partial charge in [0.1, 0.15) is 0 Å². The molecule has 1 aliphatic carbocycles. The van der Waals surface area contributed by atoms with Crippen LogP contribution in [0, 0.1) is 0 Å². The number of nitrogens with one attached hydrogen (secondary N) is 2. The maximum atomic E-state index is 5.51. The van der Waals surface area contributed by atoms with Crippen molar-refractivity contribution in [3.63, 3.8) is 0 Å². The average molecular weight is 323 g/mol. The molecule has 0 spiro atoms. The Morgan fingerprint density at radius 1 is 1.21 bits per heavy atom. The normalized spacial score (nSPS) is 14.6. The first-order valence-corrected chi connectivity index (χ1v) is 7.13. The maximum absolute atomic E-state index is 5.51. The van der Waals surface area contributed by atoms with E-state index in [9.17, 15) is 0 Å². The molecule has 1 fully saturated rings. The predicted molar refractivity (Wildman–Crippen MR) is 75.6 cm³/mol. The van der Waals surface area contributed by atoms with Crippen LogP contribution in [0.3, 0.4) is 0 Å². The van der Waals surface area contributed by atoms with Gasteiger partial charge >= 0.3 is 6.01 Å². The molecule has 3 rings (SSSR count). The number of nitrogens with zero attached hydrogens (tertiary/aromatic N) is 2. The summed E-state index contributed by atoms with van der Waals surface area (Å²) < 4.78 is 6.58. The third-order valence-corrected chi connectivity index (χ3v) is 3.75. The smallest absolute Gasteiger partial charge is 0.315 e. The van der Waals surface area contributed by atoms with Gasteiger partial charge in [-0.2, -0.15) is 0 Å². The summed E-state index contributed by atoms with van der Waals surface area (Å²) in [6.07, 6.45) is 2.50. The lowest BCUT2D eigenvalue weighted by atomic mass is 10.2. The Hall–Kier alpha value is -1.40. The van der Waals surface area contributed by atoms with Gasteiger partial charge in [-0.15, -0.1) is 5.10 Å². The molecule has 0 saturated heterocycles. The molecule has 0 bridgehead atoms. The van der Waals surface area contributed by atoms with E-state index in [1.165, 1.54) is 12.8 Å². The van der Waals surface area contributed by atoms with Gasteiger partial charge in [-0.3, -0.25) is 0 Å². The van der Waals surface area contributed by atoms with Crippen LogP contribution >= 0.6 is 15.9 Å². The van der Waals surface area contributed by atoms with Gasteiger partial charge in [0.25, 0.3) is 0 Å². The monoisotopic (exact) mass is 322 g/mol. The third-order valence-electron chi connectivity index (χ3n) is 2.97. The van der Waals surface area contributed by atoms with E-state index in [4.69, 9.17) is 4.42 Å². The second-order valence-electron chi connectivity index (χ2n) is 4.60. The van der Waals surface area contributed by atoms with Gasteiger partial charge in [-0.25, -0.2) is 0 Å². The van der Waals surface area contributed by atoms with Crippen molar-refractivity contribution in [3.8, 4) is 0 Å². The first-order chi connectivity index (χ1) is 9.31. The number of hydrogen-bond donors (Lipinski definition) is 2. The summed E-state index contributed by atoms with van der Waals surface area (Å²) in [5.74, 6) is 0.626. The molecule has 0 atom stereocenters. The van der Waals surface area contributed by atoms with Crippen molar-refractivity contribution in [2.45, 2.75) is 32.0 Å². The summed E-state index contributed by atoms with van der Waals surface area (Å²) in [5, 5.41) is 14.4. The fraction of sp³-hybridized carbons (Fsp3) is 0.385. The van der Waals surface area contributed by atoms with E-state index in [-0.39, 0.29) is 0 Å². The summed E-state index contributed by atoms with van der Waals surface area (Å²) >= 11 is 3.51. The molecule has 2 N–H and O–H groups in total. The first-order valence-electron chi connectivity index (χ1n) is 6.34. The van der Waals surface area contributed by atoms with Crippen LogP contribution < -0.4 is 10.6 Å². The fourth-order valence-electron chi connectivity index (χ4n) is 1.73. The van der Waals surface area contributed by atoms with Crippen LogP contribution in [0.4, 0.5) is 6.01 Å². The van der Waals surface area contributed by atoms with Crippen molar-refractivity contribution in [3.05, 3.63) is 40.2 Å². The number of benzene rings is 1. The second-order valence-corrected chi connectivity index (χ2v) is 5.46. The van der Waals surface area contributed by atoms with Gasteiger partial charge in [-0.05, 0) is 24.5 Å². The fourth-order valence-corrected chi connectivity index (χ4v) is 2.15. The molecule has 0 aliphatic heterocycles. The quantitative estimate of drug-likeness (QED) is 0.856. The minimum atomic E-state index is 0.461. The molecule has 1 heterocycles. The van der Waals surface area contributed by atoms with E-state index >= 15 is 0 Å². The van der Waals surface area contributed by atoms with Gasteiger partial charge in [0.2, 0.25) is 5.89 Å². The van der Waals surface area contributed by atoms with Crippen LogP contribution in [0.5, 0.6) is 0 Å². The molecule has 5 nitrogen and oxygen atoms in total. The second kappa shape index (κ2) is 5.71. The molecule has 100 valence electrons. The van der Waals surface area contributed by atoms with Crippen molar-refractivity contribution >= 4 is 21.9 Å². The summed E-state index contributed by atoms with van der Waals surface area (Å²) in [6.45, 7) is 1.30. The minimum absolute atomic E-state index is 0.461. The molecule has 0 unspecified atom stereocenters. The first kappa shape index (κ1) is 12.6. The lowest BCUT2D eigenvalue weighted by molar-refractivity contribution is 0.475. The van der Waals surface area contributed by atoms with Crippen molar-refractivity contribution in [1.82, 2.24) is 15.5 Å². The van der Waals surface area contributed by atoms with E-state index in [0.29, 0.717) is 31.0 Å². The third kappa shape index (κ3) is 3.54. The molecule has 2 aromatic rings. The Bertz CT molecular complexity index is 553. The van der Waals surface area contributed by atoms with Crippen LogP contribution in [0.15, 0.2) is 33.2 Å². The van der Waals surface area contributed by atoms with Crippen LogP contribution in [-0.2, 0) is 13.1 Å². The Balaban J connectivity index is 1.53. The van der Waals surface area contributed by atoms with Gasteiger partial charge < -0.3 is 15.1 Å². The number of aromatic nitrogens is 2. The minimum Gasteiger partial charge on any atom is -0.407 e. The van der Waals surface area contributed by atoms with Gasteiger partial charge in [0.05, 0.1) is 6.54 Å². The van der Waals surface area contributed by atoms with Crippen molar-refractivity contribution in [1.29, 1.82) is 0 Å². The highest BCUT2D eigenvalue weighted by Gasteiger charge is 2.21. The SMILES string of the molecule is Brc1ccccc1CNc1nnc(CNC2CC2)o1. The largest absolute Gasteiger partial charge is 0.407 e. The van der Waals surface area contributed by atoms with Crippen LogP contribution in [0.2, 0.25) is 0 Å². The van der Waals surface area contributed by atoms with Crippen molar-refractivity contribution in [2.75, 3.05) is 5.32 Å². The lowest BCUT2D eigenvalue weighted by Gasteiger charge is -2.03. The molecule has 1 aliphatic rings. The average Bonchev–Trinajstić information content (AvgIpc) is 3.14. The van der Waals surface area contributed by atoms with Crippen LogP contribution in [0.1, 0.15) is 24.3 Å². The van der Waals surface area contributed by atoms with Crippen LogP contribution in [0.25, 0.3) is 0 Å². The van der Waals surface area contributed by atoms with Gasteiger partial charge in [-0.1, -0.05) is 39.2 Å². The molecule has 19 heavy (non-hydrogen) atoms. The number of halogens is 1. The highest BCUT2D eigenvalue weighted by Crippen LogP contribution is 2.20. The molecule has 1 saturated carbocycles. The van der Waals surface area contributed by atoms with E-state index in [1.807, 2.05) is 24.3 Å². The topological polar surface area (TPSA) is 63.0 Å². The van der Waals surface area contributed by atoms with Crippen molar-refractivity contribution < 1.29 is 4.42 Å². The molecular weight excluding hydrogens is 308 g/mol. The van der Waals surface area contributed by atoms with Gasteiger partial charge in [0.15, 0.2) is 0 Å². The molecule has 1 aromatic heterocycles. The van der Waals surface area contributed by atoms with Crippen molar-refractivity contribution in [2.24, 2.45) is 0 Å². The predicted octanol–water partition coefficient (Wildman–Crippen LogP) is 2.70. The summed E-state index contributed by atoms with van der Waals surface area (Å²) in [6, 6.07) is 9.15. The van der Waals surface area contributed by atoms with E-state index in [0.717, 1.165) is 10.0 Å². The van der Waals surface area contributed by atoms with Gasteiger partial charge in [0, 0.05) is 17.1 Å². The molecular formula is C13H15BrN4O. The highest BCUT2D eigenvalue weighted by molar-refractivity contribution is 9.10. The van der Waals surface area contributed by atoms with E-state index < -0.39 is 0 Å².